The Hall–Kier alpha value is -4.72. The highest BCUT2D eigenvalue weighted by atomic mass is 16.4. The number of aromatic amines is 1. The molecule has 3 aromatic rings. The van der Waals surface area contributed by atoms with Crippen LogP contribution in [0.5, 0.6) is 0 Å². The van der Waals surface area contributed by atoms with Crippen molar-refractivity contribution in [3.63, 3.8) is 0 Å². The summed E-state index contributed by atoms with van der Waals surface area (Å²) in [6.07, 6.45) is 1.91. The molecule has 0 bridgehead atoms. The van der Waals surface area contributed by atoms with Gasteiger partial charge in [-0.15, -0.1) is 0 Å². The van der Waals surface area contributed by atoms with Gasteiger partial charge in [-0.05, 0) is 42.3 Å². The molecule has 35 heavy (non-hydrogen) atoms. The van der Waals surface area contributed by atoms with Crippen LogP contribution in [0.15, 0.2) is 89.9 Å². The first kappa shape index (κ1) is 22.1. The van der Waals surface area contributed by atoms with Gasteiger partial charge in [-0.25, -0.2) is 0 Å². The smallest absolute Gasteiger partial charge is 0.310 e. The van der Waals surface area contributed by atoms with Crippen molar-refractivity contribution in [3.8, 4) is 16.9 Å². The second kappa shape index (κ2) is 9.26. The topological polar surface area (TPSA) is 117 Å². The number of benzene rings is 3. The Morgan fingerprint density at radius 2 is 1.69 bits per heavy atom. The quantitative estimate of drug-likeness (QED) is 0.329. The van der Waals surface area contributed by atoms with Gasteiger partial charge >= 0.3 is 5.97 Å². The average molecular weight is 466 g/mol. The molecule has 1 unspecified atom stereocenters. The third kappa shape index (κ3) is 4.41. The van der Waals surface area contributed by atoms with Gasteiger partial charge in [0.05, 0.1) is 17.2 Å². The van der Waals surface area contributed by atoms with Crippen LogP contribution in [0.4, 0.5) is 5.69 Å². The molecule has 5 rings (SSSR count). The number of rotatable bonds is 7. The number of carbonyl (C=O) groups is 2. The number of pyridine rings is 1. The van der Waals surface area contributed by atoms with Gasteiger partial charge in [0.2, 0.25) is 5.91 Å². The second-order valence-corrected chi connectivity index (χ2v) is 8.25. The largest absolute Gasteiger partial charge is 0.481 e. The molecule has 0 aromatic heterocycles. The Balaban J connectivity index is 1.30. The lowest BCUT2D eigenvalue weighted by Gasteiger charge is -2.12. The number of carbonyl (C=O) groups excluding carboxylic acids is 1. The van der Waals surface area contributed by atoms with Crippen LogP contribution in [-0.4, -0.2) is 31.7 Å². The van der Waals surface area contributed by atoms with E-state index in [1.54, 1.807) is 54.7 Å². The minimum absolute atomic E-state index is 0.0619. The molecule has 1 amide bonds. The normalized spacial score (nSPS) is 12.0. The zero-order valence-electron chi connectivity index (χ0n) is 18.6. The van der Waals surface area contributed by atoms with Crippen molar-refractivity contribution in [1.82, 2.24) is 14.8 Å². The van der Waals surface area contributed by atoms with Crippen LogP contribution in [-0.2, 0) is 9.59 Å². The maximum absolute atomic E-state index is 12.9. The first-order valence-electron chi connectivity index (χ1n) is 11.2. The molecule has 0 spiro atoms. The Morgan fingerprint density at radius 1 is 0.971 bits per heavy atom. The lowest BCUT2D eigenvalue weighted by Crippen LogP contribution is -2.17. The fraction of sp³-hybridized carbons (Fsp3) is 0.111. The van der Waals surface area contributed by atoms with Crippen LogP contribution >= 0.6 is 0 Å². The van der Waals surface area contributed by atoms with E-state index in [4.69, 9.17) is 0 Å². The number of H-pyrrole nitrogens is 1. The summed E-state index contributed by atoms with van der Waals surface area (Å²) in [7, 11) is 0. The lowest BCUT2D eigenvalue weighted by atomic mass is 9.94. The number of carboxylic acids is 1. The van der Waals surface area contributed by atoms with Crippen molar-refractivity contribution in [2.45, 2.75) is 18.8 Å². The number of aliphatic carboxylic acids is 1. The maximum atomic E-state index is 12.9. The van der Waals surface area contributed by atoms with Crippen molar-refractivity contribution in [3.05, 3.63) is 101 Å². The van der Waals surface area contributed by atoms with Gasteiger partial charge < -0.3 is 15.4 Å². The number of aromatic nitrogens is 3. The van der Waals surface area contributed by atoms with Crippen molar-refractivity contribution in [2.24, 2.45) is 0 Å². The molecule has 0 saturated heterocycles. The average Bonchev–Trinajstić information content (AvgIpc) is 3.22. The van der Waals surface area contributed by atoms with E-state index >= 15 is 0 Å². The van der Waals surface area contributed by atoms with E-state index in [0.29, 0.717) is 28.2 Å². The Morgan fingerprint density at radius 3 is 2.43 bits per heavy atom. The number of hydrogen-bond acceptors (Lipinski definition) is 4. The van der Waals surface area contributed by atoms with Crippen LogP contribution in [0.3, 0.4) is 0 Å². The Kier molecular flexibility index (Phi) is 5.85. The lowest BCUT2D eigenvalue weighted by molar-refractivity contribution is -0.139. The minimum Gasteiger partial charge on any atom is -0.481 e. The van der Waals surface area contributed by atoms with Gasteiger partial charge in [0.25, 0.3) is 5.56 Å². The number of anilines is 1. The molecule has 2 aliphatic heterocycles. The molecule has 0 aliphatic carbocycles. The SMILES string of the molecule is O=C(CCC(C(=O)O)c1ccccc1)Nc1ccc(-n2nc3c4ccccc4[nH]cc-3c2=O)cc1. The maximum Gasteiger partial charge on any atom is 0.310 e. The first-order chi connectivity index (χ1) is 17.0. The summed E-state index contributed by atoms with van der Waals surface area (Å²) in [6.45, 7) is 0. The molecule has 2 heterocycles. The van der Waals surface area contributed by atoms with E-state index in [1.165, 1.54) is 4.68 Å². The molecule has 8 nitrogen and oxygen atoms in total. The molecular formula is C27H22N4O4. The summed E-state index contributed by atoms with van der Waals surface area (Å²) >= 11 is 0. The molecule has 1 atom stereocenters. The number of fused-ring (bicyclic) bond motifs is 3. The summed E-state index contributed by atoms with van der Waals surface area (Å²) in [4.78, 5) is 40.1. The van der Waals surface area contributed by atoms with Gasteiger partial charge in [-0.3, -0.25) is 14.4 Å². The number of carboxylic acid groups (broad SMARTS) is 1. The highest BCUT2D eigenvalue weighted by Gasteiger charge is 2.21. The van der Waals surface area contributed by atoms with Gasteiger partial charge in [0.1, 0.15) is 5.69 Å². The number of hydrogen-bond donors (Lipinski definition) is 3. The number of amides is 1. The predicted molar refractivity (Wildman–Crippen MR) is 133 cm³/mol. The summed E-state index contributed by atoms with van der Waals surface area (Å²) in [5, 5.41) is 17.7. The standard InChI is InChI=1S/C27H22N4O4/c32-24(15-14-20(27(34)35)17-6-2-1-3-7-17)29-18-10-12-19(13-11-18)31-26(33)22-16-28-23-9-5-4-8-21(23)25(22)30-31/h1-13,16,20,28H,14-15H2,(H,29,32)(H,34,35). The molecular weight excluding hydrogens is 444 g/mol. The van der Waals surface area contributed by atoms with Crippen molar-refractivity contribution in [2.75, 3.05) is 5.32 Å². The van der Waals surface area contributed by atoms with E-state index in [2.05, 4.69) is 15.4 Å². The molecule has 0 saturated carbocycles. The van der Waals surface area contributed by atoms with Crippen molar-refractivity contribution < 1.29 is 14.7 Å². The van der Waals surface area contributed by atoms with Crippen molar-refractivity contribution in [1.29, 1.82) is 0 Å². The Bertz CT molecular complexity index is 1540. The molecule has 8 heteroatoms. The van der Waals surface area contributed by atoms with E-state index in [9.17, 15) is 19.5 Å². The summed E-state index contributed by atoms with van der Waals surface area (Å²) in [5.41, 5.74) is 3.55. The molecule has 174 valence electrons. The minimum atomic E-state index is -0.959. The van der Waals surface area contributed by atoms with Gasteiger partial charge in [0, 0.05) is 29.2 Å². The van der Waals surface area contributed by atoms with Crippen molar-refractivity contribution >= 4 is 28.5 Å². The zero-order chi connectivity index (χ0) is 24.4. The third-order valence-corrected chi connectivity index (χ3v) is 5.99. The highest BCUT2D eigenvalue weighted by molar-refractivity contribution is 5.93. The van der Waals surface area contributed by atoms with Crippen LogP contribution in [0, 0.1) is 0 Å². The Labute approximate surface area is 200 Å². The predicted octanol–water partition coefficient (Wildman–Crippen LogP) is 4.41. The van der Waals surface area contributed by atoms with Gasteiger partial charge in [0.15, 0.2) is 0 Å². The molecule has 2 aliphatic rings. The van der Waals surface area contributed by atoms with E-state index < -0.39 is 11.9 Å². The molecule has 0 fully saturated rings. The first-order valence-corrected chi connectivity index (χ1v) is 11.2. The van der Waals surface area contributed by atoms with E-state index in [1.807, 2.05) is 30.3 Å². The monoisotopic (exact) mass is 466 g/mol. The fourth-order valence-corrected chi connectivity index (χ4v) is 4.19. The number of para-hydroxylation sites is 1. The van der Waals surface area contributed by atoms with E-state index in [-0.39, 0.29) is 24.3 Å². The molecule has 3 aromatic carbocycles. The highest BCUT2D eigenvalue weighted by Crippen LogP contribution is 2.26. The molecule has 0 radical (unpaired) electrons. The number of nitrogens with one attached hydrogen (secondary N) is 2. The summed E-state index contributed by atoms with van der Waals surface area (Å²) in [6, 6.07) is 23.3. The zero-order valence-corrected chi connectivity index (χ0v) is 18.6. The van der Waals surface area contributed by atoms with Gasteiger partial charge in [-0.1, -0.05) is 48.5 Å². The van der Waals surface area contributed by atoms with Gasteiger partial charge in [-0.2, -0.15) is 9.78 Å². The fourth-order valence-electron chi connectivity index (χ4n) is 4.19. The molecule has 3 N–H and O–H groups in total. The van der Waals surface area contributed by atoms with Crippen LogP contribution in [0.1, 0.15) is 24.3 Å². The van der Waals surface area contributed by atoms with Crippen LogP contribution in [0.25, 0.3) is 27.8 Å². The van der Waals surface area contributed by atoms with Crippen LogP contribution < -0.4 is 10.9 Å². The second-order valence-electron chi connectivity index (χ2n) is 8.25. The summed E-state index contributed by atoms with van der Waals surface area (Å²) < 4.78 is 1.34. The summed E-state index contributed by atoms with van der Waals surface area (Å²) in [5.74, 6) is -1.99. The third-order valence-electron chi connectivity index (χ3n) is 5.99. The van der Waals surface area contributed by atoms with Crippen LogP contribution in [0.2, 0.25) is 0 Å². The van der Waals surface area contributed by atoms with E-state index in [0.717, 1.165) is 10.9 Å². The number of nitrogens with zero attached hydrogens (tertiary/aromatic N) is 2.